The van der Waals surface area contributed by atoms with Crippen LogP contribution in [0.25, 0.3) is 50.3 Å². The molecule has 3 atom stereocenters. The number of aliphatic imine (C=N–C) groups is 1. The Labute approximate surface area is 293 Å². The summed E-state index contributed by atoms with van der Waals surface area (Å²) in [5, 5.41) is 4.84. The molecule has 0 radical (unpaired) electrons. The molecule has 2 aliphatic rings. The summed E-state index contributed by atoms with van der Waals surface area (Å²) in [5.74, 6) is 1.36. The first-order valence-corrected chi connectivity index (χ1v) is 17.3. The number of hydrogen-bond acceptors (Lipinski definition) is 3. The summed E-state index contributed by atoms with van der Waals surface area (Å²) in [4.78, 5) is 15.0. The number of nitrogens with zero attached hydrogens (tertiary/aromatic N) is 3. The molecule has 5 aromatic carbocycles. The Morgan fingerprint density at radius 2 is 1.28 bits per heavy atom. The quantitative estimate of drug-likeness (QED) is 0.169. The first-order chi connectivity index (χ1) is 24.8. The van der Waals surface area contributed by atoms with Crippen LogP contribution in [-0.4, -0.2) is 22.7 Å². The molecule has 0 amide bonds. The zero-order valence-electron chi connectivity index (χ0n) is 27.8. The van der Waals surface area contributed by atoms with Gasteiger partial charge in [0.05, 0.1) is 11.4 Å². The molecule has 2 heterocycles. The third kappa shape index (κ3) is 6.72. The molecule has 0 fully saturated rings. The van der Waals surface area contributed by atoms with Crippen molar-refractivity contribution in [3.8, 4) is 22.6 Å². The largest absolute Gasteiger partial charge is 0.292 e. The molecule has 1 aliphatic heterocycles. The summed E-state index contributed by atoms with van der Waals surface area (Å²) < 4.78 is 0. The van der Waals surface area contributed by atoms with E-state index < -0.39 is 0 Å². The van der Waals surface area contributed by atoms with Crippen molar-refractivity contribution in [2.75, 3.05) is 6.54 Å². The molecule has 0 N–H and O–H groups in total. The minimum Gasteiger partial charge on any atom is -0.292 e. The van der Waals surface area contributed by atoms with Gasteiger partial charge in [0.15, 0.2) is 5.82 Å². The summed E-state index contributed by atoms with van der Waals surface area (Å²) in [6.07, 6.45) is 27.5. The monoisotopic (exact) mass is 643 g/mol. The topological polar surface area (TPSA) is 38.1 Å². The Balaban J connectivity index is 1.22. The fraction of sp³-hybridized carbons (Fsp3) is 0.0851. The van der Waals surface area contributed by atoms with Crippen LogP contribution in [0.4, 0.5) is 0 Å². The van der Waals surface area contributed by atoms with Crippen molar-refractivity contribution in [3.05, 3.63) is 199 Å². The van der Waals surface area contributed by atoms with E-state index in [0.717, 1.165) is 22.5 Å². The number of aromatic nitrogens is 2. The van der Waals surface area contributed by atoms with Crippen LogP contribution in [0.3, 0.4) is 0 Å². The number of hydrogen-bond donors (Lipinski definition) is 0. The predicted octanol–water partition coefficient (Wildman–Crippen LogP) is 11.5. The average molecular weight is 644 g/mol. The molecule has 240 valence electrons. The lowest BCUT2D eigenvalue weighted by Gasteiger charge is -2.22. The van der Waals surface area contributed by atoms with E-state index >= 15 is 0 Å². The normalized spacial score (nSPS) is 20.7. The van der Waals surface area contributed by atoms with Crippen LogP contribution in [0.2, 0.25) is 0 Å². The van der Waals surface area contributed by atoms with Crippen molar-refractivity contribution in [2.24, 2.45) is 10.9 Å². The Hall–Kier alpha value is -6.19. The number of benzene rings is 5. The highest BCUT2D eigenvalue weighted by Crippen LogP contribution is 2.36. The Kier molecular flexibility index (Phi) is 9.03. The smallest absolute Gasteiger partial charge is 0.160 e. The second kappa shape index (κ2) is 14.5. The maximum Gasteiger partial charge on any atom is 0.160 e. The van der Waals surface area contributed by atoms with Crippen LogP contribution in [-0.2, 0) is 0 Å². The Bertz CT molecular complexity index is 2350. The van der Waals surface area contributed by atoms with Crippen molar-refractivity contribution < 1.29 is 0 Å². The standard InChI is InChI=1S/C47H37N3/c1-2-5-19-39(33-48-30-14-3-1)34-24-26-37(27-25-34)47-49-40(29-28-36-17-8-10-20-41(36)35-15-6-4-7-16-35)32-46(50-47)45-31-38-18-9-11-21-42(38)43-22-12-13-23-44(43)45/h1-32,36,39,41H,33H2/b2-1-,14-3-,19-5+,29-28+,48-30?. The van der Waals surface area contributed by atoms with Crippen molar-refractivity contribution in [1.82, 2.24) is 9.97 Å². The molecule has 3 heteroatoms. The van der Waals surface area contributed by atoms with E-state index in [4.69, 9.17) is 9.97 Å². The molecule has 0 saturated heterocycles. The summed E-state index contributed by atoms with van der Waals surface area (Å²) in [5.41, 5.74) is 6.38. The van der Waals surface area contributed by atoms with Crippen molar-refractivity contribution in [3.63, 3.8) is 0 Å². The van der Waals surface area contributed by atoms with Gasteiger partial charge in [0, 0.05) is 41.6 Å². The predicted molar refractivity (Wildman–Crippen MR) is 211 cm³/mol. The number of rotatable bonds is 6. The molecule has 0 bridgehead atoms. The van der Waals surface area contributed by atoms with Crippen LogP contribution >= 0.6 is 0 Å². The van der Waals surface area contributed by atoms with Gasteiger partial charge in [0.25, 0.3) is 0 Å². The van der Waals surface area contributed by atoms with Gasteiger partial charge < -0.3 is 0 Å². The van der Waals surface area contributed by atoms with E-state index in [9.17, 15) is 0 Å². The lowest BCUT2D eigenvalue weighted by atomic mass is 9.83. The van der Waals surface area contributed by atoms with Gasteiger partial charge in [0.1, 0.15) is 0 Å². The van der Waals surface area contributed by atoms with Crippen LogP contribution in [0.1, 0.15) is 28.7 Å². The van der Waals surface area contributed by atoms with Crippen molar-refractivity contribution >= 4 is 33.8 Å². The highest BCUT2D eigenvalue weighted by molar-refractivity contribution is 6.13. The molecule has 50 heavy (non-hydrogen) atoms. The third-order valence-electron chi connectivity index (χ3n) is 9.52. The van der Waals surface area contributed by atoms with E-state index in [1.54, 1.807) is 0 Å². The summed E-state index contributed by atoms with van der Waals surface area (Å²) in [6.45, 7) is 0.693. The molecule has 1 aromatic heterocycles. The first-order valence-electron chi connectivity index (χ1n) is 17.3. The first kappa shape index (κ1) is 31.1. The zero-order valence-corrected chi connectivity index (χ0v) is 27.8. The molecular weight excluding hydrogens is 607 g/mol. The minimum absolute atomic E-state index is 0.182. The van der Waals surface area contributed by atoms with Crippen molar-refractivity contribution in [2.45, 2.75) is 11.8 Å². The van der Waals surface area contributed by atoms with Crippen LogP contribution in [0, 0.1) is 5.92 Å². The van der Waals surface area contributed by atoms with E-state index in [0.29, 0.717) is 12.4 Å². The van der Waals surface area contributed by atoms with Crippen LogP contribution in [0.5, 0.6) is 0 Å². The lowest BCUT2D eigenvalue weighted by Crippen LogP contribution is -2.08. The number of fused-ring (bicyclic) bond motifs is 3. The molecule has 3 nitrogen and oxygen atoms in total. The third-order valence-corrected chi connectivity index (χ3v) is 9.52. The second-order valence-corrected chi connectivity index (χ2v) is 12.7. The molecule has 0 saturated carbocycles. The highest BCUT2D eigenvalue weighted by Gasteiger charge is 2.19. The summed E-state index contributed by atoms with van der Waals surface area (Å²) in [6, 6.07) is 41.0. The van der Waals surface area contributed by atoms with Gasteiger partial charge in [-0.05, 0) is 57.0 Å². The molecule has 8 rings (SSSR count). The average Bonchev–Trinajstić information content (AvgIpc) is 3.19. The highest BCUT2D eigenvalue weighted by atomic mass is 14.9. The van der Waals surface area contributed by atoms with Crippen molar-refractivity contribution in [1.29, 1.82) is 0 Å². The Morgan fingerprint density at radius 1 is 0.560 bits per heavy atom. The maximum absolute atomic E-state index is 5.26. The maximum atomic E-state index is 5.26. The minimum atomic E-state index is 0.182. The second-order valence-electron chi connectivity index (χ2n) is 12.7. The summed E-state index contributed by atoms with van der Waals surface area (Å²) >= 11 is 0. The van der Waals surface area contributed by atoms with Crippen LogP contribution in [0.15, 0.2) is 187 Å². The molecule has 3 unspecified atom stereocenters. The number of allylic oxidation sites excluding steroid dienone is 10. The van der Waals surface area contributed by atoms with Gasteiger partial charge in [-0.3, -0.25) is 4.99 Å². The van der Waals surface area contributed by atoms with Gasteiger partial charge in [-0.2, -0.15) is 0 Å². The van der Waals surface area contributed by atoms with E-state index in [2.05, 4.69) is 175 Å². The van der Waals surface area contributed by atoms with Gasteiger partial charge in [-0.15, -0.1) is 0 Å². The SMILES string of the molecule is C1=CC(/C=C/c2cc(-c3cc4ccccc4c4ccccc34)nc(-c3ccc(C4/C=C/C=C\C=C/C=NC4)cc3)n2)C(c2ccccc2)C=C1. The van der Waals surface area contributed by atoms with E-state index in [1.165, 1.54) is 32.7 Å². The Morgan fingerprint density at radius 3 is 2.16 bits per heavy atom. The fourth-order valence-corrected chi connectivity index (χ4v) is 6.94. The van der Waals surface area contributed by atoms with Gasteiger partial charge >= 0.3 is 0 Å². The molecule has 6 aromatic rings. The zero-order chi connectivity index (χ0) is 33.5. The molecular formula is C47H37N3. The van der Waals surface area contributed by atoms with E-state index in [1.807, 2.05) is 24.4 Å². The fourth-order valence-electron chi connectivity index (χ4n) is 6.94. The summed E-state index contributed by atoms with van der Waals surface area (Å²) in [7, 11) is 0. The van der Waals surface area contributed by atoms with E-state index in [-0.39, 0.29) is 17.8 Å². The lowest BCUT2D eigenvalue weighted by molar-refractivity contribution is 0.702. The van der Waals surface area contributed by atoms with Gasteiger partial charge in [-0.25, -0.2) is 9.97 Å². The van der Waals surface area contributed by atoms with Gasteiger partial charge in [-0.1, -0.05) is 164 Å². The molecule has 0 spiro atoms. The van der Waals surface area contributed by atoms with Gasteiger partial charge in [0.2, 0.25) is 0 Å². The molecule has 1 aliphatic carbocycles. The van der Waals surface area contributed by atoms with Crippen LogP contribution < -0.4 is 0 Å².